The van der Waals surface area contributed by atoms with Crippen molar-refractivity contribution in [3.05, 3.63) is 35.4 Å². The summed E-state index contributed by atoms with van der Waals surface area (Å²) in [6.07, 6.45) is 4.41. The summed E-state index contributed by atoms with van der Waals surface area (Å²) in [5.41, 5.74) is 2.02. The van der Waals surface area contributed by atoms with Gasteiger partial charge in [0.2, 0.25) is 5.82 Å². The van der Waals surface area contributed by atoms with E-state index >= 15 is 0 Å². The maximum atomic E-state index is 12.6. The van der Waals surface area contributed by atoms with Crippen molar-refractivity contribution in [1.29, 1.82) is 0 Å². The lowest BCUT2D eigenvalue weighted by Gasteiger charge is -2.31. The van der Waals surface area contributed by atoms with Crippen LogP contribution >= 0.6 is 0 Å². The standard InChI is InChI=1S/C17H23N5O3/c1-11(2)5-9-25-14-6-8-24-10-13(14)19-16(23)15-20-21-17-18-12(3)4-7-22(15)17/h4-5,7,13-14H,6,8-10H2,1-3H3,(H,19,23)/t13-,14+/m0/s1. The van der Waals surface area contributed by atoms with Crippen molar-refractivity contribution in [1.82, 2.24) is 24.9 Å². The first-order valence-corrected chi connectivity index (χ1v) is 8.36. The number of nitrogens with one attached hydrogen (secondary N) is 1. The zero-order valence-corrected chi connectivity index (χ0v) is 14.7. The van der Waals surface area contributed by atoms with Gasteiger partial charge in [-0.3, -0.25) is 9.20 Å². The molecular weight excluding hydrogens is 322 g/mol. The molecule has 2 aromatic rings. The summed E-state index contributed by atoms with van der Waals surface area (Å²) < 4.78 is 13.0. The number of rotatable bonds is 5. The zero-order valence-electron chi connectivity index (χ0n) is 14.7. The highest BCUT2D eigenvalue weighted by Gasteiger charge is 2.29. The topological polar surface area (TPSA) is 90.6 Å². The summed E-state index contributed by atoms with van der Waals surface area (Å²) in [6.45, 7) is 7.48. The van der Waals surface area contributed by atoms with Crippen molar-refractivity contribution in [2.24, 2.45) is 0 Å². The molecule has 2 atom stereocenters. The van der Waals surface area contributed by atoms with Crippen molar-refractivity contribution in [3.8, 4) is 0 Å². The van der Waals surface area contributed by atoms with Gasteiger partial charge in [-0.25, -0.2) is 4.98 Å². The van der Waals surface area contributed by atoms with E-state index in [1.807, 2.05) is 32.9 Å². The Morgan fingerprint density at radius 2 is 2.32 bits per heavy atom. The number of hydrogen-bond acceptors (Lipinski definition) is 6. The number of ether oxygens (including phenoxy) is 2. The number of hydrogen-bond donors (Lipinski definition) is 1. The highest BCUT2D eigenvalue weighted by molar-refractivity contribution is 5.91. The van der Waals surface area contributed by atoms with Crippen LogP contribution in [-0.2, 0) is 9.47 Å². The molecule has 134 valence electrons. The molecule has 0 saturated carbocycles. The van der Waals surface area contributed by atoms with Gasteiger partial charge in [-0.2, -0.15) is 0 Å². The van der Waals surface area contributed by atoms with Gasteiger partial charge in [0.05, 0.1) is 25.4 Å². The number of fused-ring (bicyclic) bond motifs is 1. The van der Waals surface area contributed by atoms with Crippen LogP contribution in [0.15, 0.2) is 23.9 Å². The Kier molecular flexibility index (Phi) is 5.40. The van der Waals surface area contributed by atoms with E-state index in [0.29, 0.717) is 25.6 Å². The minimum Gasteiger partial charge on any atom is -0.379 e. The third kappa shape index (κ3) is 4.21. The molecule has 0 aliphatic carbocycles. The van der Waals surface area contributed by atoms with E-state index in [4.69, 9.17) is 9.47 Å². The molecule has 1 aliphatic rings. The molecule has 0 unspecified atom stereocenters. The molecule has 1 fully saturated rings. The predicted octanol–water partition coefficient (Wildman–Crippen LogP) is 1.30. The van der Waals surface area contributed by atoms with Gasteiger partial charge in [0.25, 0.3) is 11.7 Å². The smallest absolute Gasteiger partial charge is 0.290 e. The van der Waals surface area contributed by atoms with Crippen LogP contribution in [0.2, 0.25) is 0 Å². The van der Waals surface area contributed by atoms with Crippen LogP contribution in [-0.4, -0.2) is 57.5 Å². The molecule has 1 saturated heterocycles. The summed E-state index contributed by atoms with van der Waals surface area (Å²) in [5, 5.41) is 10.9. The van der Waals surface area contributed by atoms with Crippen molar-refractivity contribution in [3.63, 3.8) is 0 Å². The van der Waals surface area contributed by atoms with Crippen LogP contribution in [0.1, 0.15) is 36.6 Å². The minimum absolute atomic E-state index is 0.0899. The number of carbonyl (C=O) groups is 1. The van der Waals surface area contributed by atoms with Crippen LogP contribution in [0, 0.1) is 6.92 Å². The molecule has 8 heteroatoms. The normalized spacial score (nSPS) is 20.4. The molecule has 0 aromatic carbocycles. The zero-order chi connectivity index (χ0) is 17.8. The lowest BCUT2D eigenvalue weighted by Crippen LogP contribution is -2.51. The first-order chi connectivity index (χ1) is 12.0. The van der Waals surface area contributed by atoms with Crippen molar-refractivity contribution in [2.75, 3.05) is 19.8 Å². The number of nitrogens with zero attached hydrogens (tertiary/aromatic N) is 4. The van der Waals surface area contributed by atoms with Gasteiger partial charge < -0.3 is 14.8 Å². The largest absolute Gasteiger partial charge is 0.379 e. The highest BCUT2D eigenvalue weighted by atomic mass is 16.5. The highest BCUT2D eigenvalue weighted by Crippen LogP contribution is 2.13. The van der Waals surface area contributed by atoms with E-state index in [-0.39, 0.29) is 23.9 Å². The van der Waals surface area contributed by atoms with E-state index in [2.05, 4.69) is 20.5 Å². The summed E-state index contributed by atoms with van der Waals surface area (Å²) in [5.74, 6) is 0.294. The second-order valence-electron chi connectivity index (χ2n) is 6.36. The van der Waals surface area contributed by atoms with E-state index in [9.17, 15) is 4.79 Å². The van der Waals surface area contributed by atoms with Gasteiger partial charge in [-0.15, -0.1) is 10.2 Å². The van der Waals surface area contributed by atoms with Gasteiger partial charge in [0.1, 0.15) is 0 Å². The van der Waals surface area contributed by atoms with Crippen LogP contribution < -0.4 is 5.32 Å². The molecule has 1 aliphatic heterocycles. The Morgan fingerprint density at radius 1 is 1.48 bits per heavy atom. The number of aryl methyl sites for hydroxylation is 1. The summed E-state index contributed by atoms with van der Waals surface area (Å²) in [6, 6.07) is 1.58. The molecule has 2 aromatic heterocycles. The molecule has 3 heterocycles. The van der Waals surface area contributed by atoms with Crippen molar-refractivity contribution < 1.29 is 14.3 Å². The fraction of sp³-hybridized carbons (Fsp3) is 0.529. The average molecular weight is 345 g/mol. The first-order valence-electron chi connectivity index (χ1n) is 8.36. The maximum Gasteiger partial charge on any atom is 0.290 e. The van der Waals surface area contributed by atoms with Crippen LogP contribution in [0.25, 0.3) is 5.78 Å². The van der Waals surface area contributed by atoms with E-state index in [0.717, 1.165) is 12.1 Å². The molecule has 0 radical (unpaired) electrons. The number of aromatic nitrogens is 4. The molecule has 25 heavy (non-hydrogen) atoms. The van der Waals surface area contributed by atoms with Crippen LogP contribution in [0.3, 0.4) is 0 Å². The van der Waals surface area contributed by atoms with Crippen molar-refractivity contribution in [2.45, 2.75) is 39.3 Å². The molecule has 1 N–H and O–H groups in total. The van der Waals surface area contributed by atoms with Gasteiger partial charge in [0.15, 0.2) is 0 Å². The lowest BCUT2D eigenvalue weighted by molar-refractivity contribution is -0.0458. The fourth-order valence-corrected chi connectivity index (χ4v) is 2.65. The quantitative estimate of drug-likeness (QED) is 0.822. The third-order valence-electron chi connectivity index (χ3n) is 4.03. The third-order valence-corrected chi connectivity index (χ3v) is 4.03. The van der Waals surface area contributed by atoms with Gasteiger partial charge in [0, 0.05) is 18.5 Å². The molecule has 0 bridgehead atoms. The lowest BCUT2D eigenvalue weighted by atomic mass is 10.1. The molecule has 1 amide bonds. The molecule has 8 nitrogen and oxygen atoms in total. The second-order valence-corrected chi connectivity index (χ2v) is 6.36. The van der Waals surface area contributed by atoms with Gasteiger partial charge in [-0.05, 0) is 33.3 Å². The summed E-state index contributed by atoms with van der Waals surface area (Å²) in [4.78, 5) is 16.9. The Bertz CT molecular complexity index is 782. The summed E-state index contributed by atoms with van der Waals surface area (Å²) in [7, 11) is 0. The minimum atomic E-state index is -0.315. The van der Waals surface area contributed by atoms with E-state index < -0.39 is 0 Å². The summed E-state index contributed by atoms with van der Waals surface area (Å²) >= 11 is 0. The Morgan fingerprint density at radius 3 is 3.12 bits per heavy atom. The first kappa shape index (κ1) is 17.5. The molecule has 3 rings (SSSR count). The average Bonchev–Trinajstić information content (AvgIpc) is 2.99. The van der Waals surface area contributed by atoms with Crippen molar-refractivity contribution >= 4 is 11.7 Å². The van der Waals surface area contributed by atoms with Crippen LogP contribution in [0.5, 0.6) is 0 Å². The Balaban J connectivity index is 1.70. The monoisotopic (exact) mass is 345 g/mol. The Labute approximate surface area is 146 Å². The number of allylic oxidation sites excluding steroid dienone is 1. The maximum absolute atomic E-state index is 12.6. The molecule has 0 spiro atoms. The molecular formula is C17H23N5O3. The van der Waals surface area contributed by atoms with E-state index in [1.54, 1.807) is 10.6 Å². The predicted molar refractivity (Wildman–Crippen MR) is 91.4 cm³/mol. The number of amides is 1. The van der Waals surface area contributed by atoms with Gasteiger partial charge in [-0.1, -0.05) is 11.6 Å². The second kappa shape index (κ2) is 7.71. The SMILES string of the molecule is CC(C)=CCO[C@@H]1CCOC[C@@H]1NC(=O)c1nnc2nc(C)ccn12. The van der Waals surface area contributed by atoms with E-state index in [1.165, 1.54) is 5.57 Å². The Hall–Kier alpha value is -2.32. The fourth-order valence-electron chi connectivity index (χ4n) is 2.65. The van der Waals surface area contributed by atoms with Crippen LogP contribution in [0.4, 0.5) is 0 Å². The van der Waals surface area contributed by atoms with Gasteiger partial charge >= 0.3 is 0 Å². The number of carbonyl (C=O) groups excluding carboxylic acids is 1.